The Morgan fingerprint density at radius 2 is 2.10 bits per heavy atom. The highest BCUT2D eigenvalue weighted by Gasteiger charge is 2.19. The molecule has 2 rings (SSSR count). The number of nitrogens with one attached hydrogen (secondary N) is 1. The maximum Gasteiger partial charge on any atom is 0.337 e. The minimum absolute atomic E-state index is 0.0778. The molecule has 0 amide bonds. The van der Waals surface area contributed by atoms with Crippen LogP contribution in [0.25, 0.3) is 0 Å². The monoisotopic (exact) mass is 309 g/mol. The molecule has 0 radical (unpaired) electrons. The maximum absolute atomic E-state index is 12.2. The molecule has 1 aromatic carbocycles. The van der Waals surface area contributed by atoms with Gasteiger partial charge in [-0.2, -0.15) is 8.42 Å². The van der Waals surface area contributed by atoms with Gasteiger partial charge >= 0.3 is 5.97 Å². The van der Waals surface area contributed by atoms with Crippen LogP contribution in [0.5, 0.6) is 0 Å². The minimum Gasteiger partial charge on any atom is -0.465 e. The van der Waals surface area contributed by atoms with E-state index in [2.05, 4.69) is 14.4 Å². The molecule has 0 aliphatic carbocycles. The lowest BCUT2D eigenvalue weighted by Gasteiger charge is -2.07. The summed E-state index contributed by atoms with van der Waals surface area (Å²) in [7, 11) is -0.831. The third-order valence-corrected chi connectivity index (χ3v) is 4.15. The summed E-state index contributed by atoms with van der Waals surface area (Å²) in [6.07, 6.45) is 1.42. The van der Waals surface area contributed by atoms with Crippen molar-refractivity contribution in [1.29, 1.82) is 0 Å². The van der Waals surface area contributed by atoms with Gasteiger partial charge in [0.05, 0.1) is 12.7 Å². The van der Waals surface area contributed by atoms with Crippen molar-refractivity contribution in [3.05, 3.63) is 41.9 Å². The fourth-order valence-corrected chi connectivity index (χ4v) is 2.78. The molecule has 8 heteroatoms. The molecule has 1 N–H and O–H groups in total. The van der Waals surface area contributed by atoms with E-state index in [1.54, 1.807) is 30.7 Å². The van der Waals surface area contributed by atoms with E-state index >= 15 is 0 Å². The number of hydrogen-bond acceptors (Lipinski definition) is 5. The van der Waals surface area contributed by atoms with Crippen molar-refractivity contribution in [1.82, 2.24) is 9.55 Å². The van der Waals surface area contributed by atoms with Crippen molar-refractivity contribution < 1.29 is 17.9 Å². The van der Waals surface area contributed by atoms with Gasteiger partial charge in [0, 0.05) is 18.9 Å². The van der Waals surface area contributed by atoms with E-state index in [0.29, 0.717) is 5.82 Å². The van der Waals surface area contributed by atoms with Gasteiger partial charge in [-0.05, 0) is 25.1 Å². The number of carbonyl (C=O) groups excluding carboxylic acids is 1. The number of carbonyl (C=O) groups is 1. The number of ether oxygens (including phenoxy) is 1. The summed E-state index contributed by atoms with van der Waals surface area (Å²) in [4.78, 5) is 15.4. The van der Waals surface area contributed by atoms with Gasteiger partial charge in [-0.25, -0.2) is 9.78 Å². The highest BCUT2D eigenvalue weighted by atomic mass is 32.2. The molecular formula is C13H15N3O4S. The van der Waals surface area contributed by atoms with Crippen LogP contribution < -0.4 is 4.72 Å². The topological polar surface area (TPSA) is 90.3 Å². The number of rotatable bonds is 4. The first-order valence-electron chi connectivity index (χ1n) is 6.04. The summed E-state index contributed by atoms with van der Waals surface area (Å²) < 4.78 is 33.0. The van der Waals surface area contributed by atoms with Gasteiger partial charge in [-0.3, -0.25) is 4.72 Å². The van der Waals surface area contributed by atoms with Crippen molar-refractivity contribution >= 4 is 21.7 Å². The van der Waals surface area contributed by atoms with E-state index in [4.69, 9.17) is 0 Å². The molecule has 0 fully saturated rings. The second kappa shape index (κ2) is 5.57. The predicted molar refractivity (Wildman–Crippen MR) is 76.5 cm³/mol. The summed E-state index contributed by atoms with van der Waals surface area (Å²) in [6, 6.07) is 6.04. The van der Waals surface area contributed by atoms with Crippen LogP contribution in [0.15, 0.2) is 35.5 Å². The van der Waals surface area contributed by atoms with Gasteiger partial charge in [-0.1, -0.05) is 6.07 Å². The Kier molecular flexibility index (Phi) is 3.99. The molecule has 0 unspecified atom stereocenters. The van der Waals surface area contributed by atoms with E-state index < -0.39 is 16.0 Å². The number of nitrogens with zero attached hydrogens (tertiary/aromatic N) is 2. The van der Waals surface area contributed by atoms with Gasteiger partial charge in [0.1, 0.15) is 5.82 Å². The van der Waals surface area contributed by atoms with Crippen molar-refractivity contribution in [2.45, 2.75) is 11.9 Å². The fourth-order valence-electron chi connectivity index (χ4n) is 1.69. The van der Waals surface area contributed by atoms with E-state index in [1.807, 2.05) is 0 Å². The molecule has 7 nitrogen and oxygen atoms in total. The zero-order valence-electron chi connectivity index (χ0n) is 11.8. The number of anilines is 1. The predicted octanol–water partition coefficient (Wildman–Crippen LogP) is 1.32. The Morgan fingerprint density at radius 3 is 2.67 bits per heavy atom. The van der Waals surface area contributed by atoms with E-state index in [9.17, 15) is 13.2 Å². The summed E-state index contributed by atoms with van der Waals surface area (Å²) in [5, 5.41) is -0.0778. The van der Waals surface area contributed by atoms with Gasteiger partial charge in [0.25, 0.3) is 10.0 Å². The van der Waals surface area contributed by atoms with E-state index in [-0.39, 0.29) is 16.3 Å². The van der Waals surface area contributed by atoms with Crippen molar-refractivity contribution in [3.63, 3.8) is 0 Å². The molecule has 21 heavy (non-hydrogen) atoms. The summed E-state index contributed by atoms with van der Waals surface area (Å²) in [6.45, 7) is 1.71. The lowest BCUT2D eigenvalue weighted by atomic mass is 10.2. The van der Waals surface area contributed by atoms with Gasteiger partial charge in [-0.15, -0.1) is 0 Å². The number of aromatic nitrogens is 2. The SMILES string of the molecule is COC(=O)c1cccc(NS(=O)(=O)c2cn(C)c(C)n2)c1. The quantitative estimate of drug-likeness (QED) is 0.860. The third-order valence-electron chi connectivity index (χ3n) is 2.90. The molecule has 0 saturated carbocycles. The number of methoxy groups -OCH3 is 1. The molecule has 0 aliphatic heterocycles. The summed E-state index contributed by atoms with van der Waals surface area (Å²) in [5.41, 5.74) is 0.524. The van der Waals surface area contributed by atoms with Crippen LogP contribution in [-0.4, -0.2) is 31.0 Å². The minimum atomic E-state index is -3.80. The largest absolute Gasteiger partial charge is 0.465 e. The number of esters is 1. The van der Waals surface area contributed by atoms with Crippen LogP contribution in [0.1, 0.15) is 16.2 Å². The Hall–Kier alpha value is -2.35. The van der Waals surface area contributed by atoms with Crippen LogP contribution in [0.4, 0.5) is 5.69 Å². The Balaban J connectivity index is 2.30. The van der Waals surface area contributed by atoms with Gasteiger partial charge in [0.2, 0.25) is 0 Å². The standard InChI is InChI=1S/C13H15N3O4S/c1-9-14-12(8-16(9)2)21(18,19)15-11-6-4-5-10(7-11)13(17)20-3/h4-8,15H,1-3H3. The Morgan fingerprint density at radius 1 is 1.38 bits per heavy atom. The van der Waals surface area contributed by atoms with E-state index in [0.717, 1.165) is 0 Å². The zero-order valence-corrected chi connectivity index (χ0v) is 12.6. The normalized spacial score (nSPS) is 11.2. The van der Waals surface area contributed by atoms with Crippen molar-refractivity contribution in [2.75, 3.05) is 11.8 Å². The molecule has 0 aliphatic rings. The first-order chi connectivity index (χ1) is 9.83. The zero-order chi connectivity index (χ0) is 15.6. The summed E-state index contributed by atoms with van der Waals surface area (Å²) in [5.74, 6) is 0.0448. The lowest BCUT2D eigenvalue weighted by Crippen LogP contribution is -2.14. The smallest absolute Gasteiger partial charge is 0.337 e. The second-order valence-electron chi connectivity index (χ2n) is 4.42. The second-order valence-corrected chi connectivity index (χ2v) is 6.04. The molecule has 0 spiro atoms. The molecule has 0 saturated heterocycles. The number of imidazole rings is 1. The van der Waals surface area contributed by atoms with Crippen LogP contribution in [0, 0.1) is 6.92 Å². The highest BCUT2D eigenvalue weighted by Crippen LogP contribution is 2.17. The Labute approximate surface area is 122 Å². The van der Waals surface area contributed by atoms with Crippen molar-refractivity contribution in [3.8, 4) is 0 Å². The molecule has 112 valence electrons. The average molecular weight is 309 g/mol. The van der Waals surface area contributed by atoms with Crippen LogP contribution in [0.3, 0.4) is 0 Å². The lowest BCUT2D eigenvalue weighted by molar-refractivity contribution is 0.0601. The number of benzene rings is 1. The first kappa shape index (κ1) is 15.0. The van der Waals surface area contributed by atoms with Gasteiger partial charge in [0.15, 0.2) is 5.03 Å². The third kappa shape index (κ3) is 3.22. The molecule has 1 heterocycles. The number of hydrogen-bond donors (Lipinski definition) is 1. The highest BCUT2D eigenvalue weighted by molar-refractivity contribution is 7.92. The summed E-state index contributed by atoms with van der Waals surface area (Å²) >= 11 is 0. The van der Waals surface area contributed by atoms with Crippen LogP contribution in [0.2, 0.25) is 0 Å². The van der Waals surface area contributed by atoms with Crippen LogP contribution >= 0.6 is 0 Å². The molecule has 1 aromatic heterocycles. The molecule has 2 aromatic rings. The average Bonchev–Trinajstić information content (AvgIpc) is 2.78. The molecule has 0 atom stereocenters. The Bertz CT molecular complexity index is 761. The van der Waals surface area contributed by atoms with Gasteiger partial charge < -0.3 is 9.30 Å². The number of aryl methyl sites for hydroxylation is 2. The number of sulfonamides is 1. The molecule has 0 bridgehead atoms. The van der Waals surface area contributed by atoms with Crippen molar-refractivity contribution in [2.24, 2.45) is 7.05 Å². The maximum atomic E-state index is 12.2. The fraction of sp³-hybridized carbons (Fsp3) is 0.231. The first-order valence-corrected chi connectivity index (χ1v) is 7.53. The molecular weight excluding hydrogens is 294 g/mol. The van der Waals surface area contributed by atoms with Crippen LogP contribution in [-0.2, 0) is 21.8 Å². The van der Waals surface area contributed by atoms with E-state index in [1.165, 1.54) is 25.4 Å².